The van der Waals surface area contributed by atoms with E-state index >= 15 is 0 Å². The topological polar surface area (TPSA) is 89.5 Å². The van der Waals surface area contributed by atoms with Gasteiger partial charge in [-0.05, 0) is 48.5 Å². The van der Waals surface area contributed by atoms with Gasteiger partial charge in [0.25, 0.3) is 5.91 Å². The lowest BCUT2D eigenvalue weighted by Gasteiger charge is -2.10. The van der Waals surface area contributed by atoms with Crippen LogP contribution in [0, 0.1) is 0 Å². The van der Waals surface area contributed by atoms with Crippen LogP contribution < -0.4 is 10.1 Å². The molecule has 3 aromatic carbocycles. The van der Waals surface area contributed by atoms with Gasteiger partial charge in [-0.15, -0.1) is 0 Å². The zero-order valence-electron chi connectivity index (χ0n) is 15.7. The van der Waals surface area contributed by atoms with Gasteiger partial charge >= 0.3 is 5.97 Å². The highest BCUT2D eigenvalue weighted by Crippen LogP contribution is 2.21. The van der Waals surface area contributed by atoms with Crippen molar-refractivity contribution in [3.8, 4) is 5.75 Å². The summed E-state index contributed by atoms with van der Waals surface area (Å²) in [5.41, 5.74) is 1.04. The summed E-state index contributed by atoms with van der Waals surface area (Å²) in [5.74, 6) is -0.906. The first kappa shape index (κ1) is 20.3. The van der Waals surface area contributed by atoms with Crippen molar-refractivity contribution in [2.24, 2.45) is 0 Å². The fraction of sp³-hybridized carbons (Fsp3) is 0.0909. The second-order valence-electron chi connectivity index (χ2n) is 6.13. The second-order valence-corrected chi connectivity index (χ2v) is 8.38. The monoisotopic (exact) mass is 409 g/mol. The van der Waals surface area contributed by atoms with E-state index in [1.165, 1.54) is 31.2 Å². The minimum Gasteiger partial charge on any atom is -0.423 e. The van der Waals surface area contributed by atoms with Crippen LogP contribution in [0.25, 0.3) is 0 Å². The highest BCUT2D eigenvalue weighted by Gasteiger charge is 2.22. The molecule has 0 aliphatic rings. The van der Waals surface area contributed by atoms with Crippen LogP contribution >= 0.6 is 0 Å². The van der Waals surface area contributed by atoms with Gasteiger partial charge in [-0.2, -0.15) is 0 Å². The first-order valence-corrected chi connectivity index (χ1v) is 10.6. The molecule has 0 unspecified atom stereocenters. The molecule has 0 aromatic heterocycles. The maximum absolute atomic E-state index is 12.5. The summed E-state index contributed by atoms with van der Waals surface area (Å²) in [7, 11) is -3.56. The number of sulfone groups is 1. The van der Waals surface area contributed by atoms with Gasteiger partial charge in [-0.25, -0.2) is 13.2 Å². The summed E-state index contributed by atoms with van der Waals surface area (Å²) in [5, 5.41) is 2.75. The number of ether oxygens (including phenoxy) is 1. The van der Waals surface area contributed by atoms with Crippen molar-refractivity contribution >= 4 is 27.4 Å². The molecule has 0 saturated carbocycles. The molecule has 0 radical (unpaired) electrons. The van der Waals surface area contributed by atoms with Crippen molar-refractivity contribution in [1.82, 2.24) is 0 Å². The molecule has 0 saturated heterocycles. The normalized spacial score (nSPS) is 10.9. The molecule has 0 fully saturated rings. The quantitative estimate of drug-likeness (QED) is 0.492. The van der Waals surface area contributed by atoms with Crippen molar-refractivity contribution in [3.05, 3.63) is 90.0 Å². The Labute approximate surface area is 169 Å². The molecule has 6 nitrogen and oxygen atoms in total. The Morgan fingerprint density at radius 3 is 2.14 bits per heavy atom. The third-order valence-electron chi connectivity index (χ3n) is 4.18. The molecule has 3 rings (SSSR count). The molecule has 0 heterocycles. The minimum atomic E-state index is -3.56. The zero-order valence-corrected chi connectivity index (χ0v) is 16.5. The summed E-state index contributed by atoms with van der Waals surface area (Å²) in [6, 6.07) is 20.9. The van der Waals surface area contributed by atoms with Crippen molar-refractivity contribution in [3.63, 3.8) is 0 Å². The number of nitrogens with one attached hydrogen (secondary N) is 1. The van der Waals surface area contributed by atoms with Crippen molar-refractivity contribution in [2.75, 3.05) is 11.1 Å². The van der Waals surface area contributed by atoms with E-state index in [9.17, 15) is 18.0 Å². The van der Waals surface area contributed by atoms with E-state index in [0.29, 0.717) is 11.3 Å². The van der Waals surface area contributed by atoms with Crippen LogP contribution in [-0.2, 0) is 9.84 Å². The number of carbonyl (C=O) groups is 2. The van der Waals surface area contributed by atoms with Crippen LogP contribution in [-0.4, -0.2) is 26.0 Å². The maximum Gasteiger partial charge on any atom is 0.344 e. The predicted molar refractivity (Wildman–Crippen MR) is 110 cm³/mol. The number of hydrogen-bond donors (Lipinski definition) is 1. The molecule has 0 aliphatic heterocycles. The third kappa shape index (κ3) is 4.89. The van der Waals surface area contributed by atoms with Gasteiger partial charge < -0.3 is 10.1 Å². The Hall–Kier alpha value is -3.45. The van der Waals surface area contributed by atoms with E-state index in [0.717, 1.165) is 0 Å². The van der Waals surface area contributed by atoms with Crippen molar-refractivity contribution < 1.29 is 22.7 Å². The molecule has 1 N–H and O–H groups in total. The fourth-order valence-corrected chi connectivity index (χ4v) is 3.71. The largest absolute Gasteiger partial charge is 0.423 e. The number of rotatable bonds is 6. The zero-order chi connectivity index (χ0) is 20.9. The molecule has 29 heavy (non-hydrogen) atoms. The Morgan fingerprint density at radius 2 is 1.48 bits per heavy atom. The predicted octanol–water partition coefficient (Wildman–Crippen LogP) is 3.95. The number of anilines is 1. The second kappa shape index (κ2) is 8.70. The van der Waals surface area contributed by atoms with Gasteiger partial charge in [-0.1, -0.05) is 37.3 Å². The molecule has 0 aliphatic carbocycles. The highest BCUT2D eigenvalue weighted by atomic mass is 32.2. The van der Waals surface area contributed by atoms with Crippen LogP contribution in [0.2, 0.25) is 0 Å². The molecule has 0 atom stereocenters. The number of hydrogen-bond acceptors (Lipinski definition) is 5. The molecule has 148 valence electrons. The number of carbonyl (C=O) groups excluding carboxylic acids is 2. The minimum absolute atomic E-state index is 0.0178. The molecule has 7 heteroatoms. The maximum atomic E-state index is 12.5. The van der Waals surface area contributed by atoms with Crippen LogP contribution in [0.5, 0.6) is 5.75 Å². The SMILES string of the molecule is CCS(=O)(=O)c1ccccc1C(=O)Oc1ccc(NC(=O)c2ccccc2)cc1. The smallest absolute Gasteiger partial charge is 0.344 e. The highest BCUT2D eigenvalue weighted by molar-refractivity contribution is 7.91. The molecule has 1 amide bonds. The first-order chi connectivity index (χ1) is 13.9. The molecule has 0 bridgehead atoms. The molecule has 3 aromatic rings. The van der Waals surface area contributed by atoms with Crippen molar-refractivity contribution in [2.45, 2.75) is 11.8 Å². The number of amides is 1. The van der Waals surface area contributed by atoms with Crippen LogP contribution in [0.15, 0.2) is 83.8 Å². The standard InChI is InChI=1S/C22H19NO5S/c1-2-29(26,27)20-11-7-6-10-19(20)22(25)28-18-14-12-17(13-15-18)23-21(24)16-8-4-3-5-9-16/h3-15H,2H2,1H3,(H,23,24). The summed E-state index contributed by atoms with van der Waals surface area (Å²) in [6.07, 6.45) is 0. The fourth-order valence-electron chi connectivity index (χ4n) is 2.62. The number of esters is 1. The van der Waals surface area contributed by atoms with Crippen molar-refractivity contribution in [1.29, 1.82) is 0 Å². The third-order valence-corrected chi connectivity index (χ3v) is 5.97. The van der Waals surface area contributed by atoms with Gasteiger partial charge in [0.15, 0.2) is 9.84 Å². The van der Waals surface area contributed by atoms with Gasteiger partial charge in [0.05, 0.1) is 16.2 Å². The van der Waals surface area contributed by atoms with Gasteiger partial charge in [0.1, 0.15) is 5.75 Å². The molecule has 0 spiro atoms. The van der Waals surface area contributed by atoms with Crippen LogP contribution in [0.4, 0.5) is 5.69 Å². The van der Waals surface area contributed by atoms with Gasteiger partial charge in [0, 0.05) is 11.3 Å². The van der Waals surface area contributed by atoms with Crippen LogP contribution in [0.1, 0.15) is 27.6 Å². The summed E-state index contributed by atoms with van der Waals surface area (Å²) < 4.78 is 29.7. The lowest BCUT2D eigenvalue weighted by atomic mass is 10.2. The van der Waals surface area contributed by atoms with E-state index in [1.54, 1.807) is 48.5 Å². The van der Waals surface area contributed by atoms with Gasteiger partial charge in [0.2, 0.25) is 0 Å². The Kier molecular flexibility index (Phi) is 6.09. The molecular weight excluding hydrogens is 390 g/mol. The summed E-state index contributed by atoms with van der Waals surface area (Å²) in [6.45, 7) is 1.51. The Balaban J connectivity index is 1.72. The van der Waals surface area contributed by atoms with E-state index in [4.69, 9.17) is 4.74 Å². The van der Waals surface area contributed by atoms with E-state index in [2.05, 4.69) is 5.32 Å². The number of benzene rings is 3. The summed E-state index contributed by atoms with van der Waals surface area (Å²) >= 11 is 0. The van der Waals surface area contributed by atoms with Gasteiger partial charge in [-0.3, -0.25) is 4.79 Å². The molecular formula is C22H19NO5S. The van der Waals surface area contributed by atoms with E-state index < -0.39 is 15.8 Å². The Bertz CT molecular complexity index is 1120. The first-order valence-electron chi connectivity index (χ1n) is 8.91. The van der Waals surface area contributed by atoms with E-state index in [1.807, 2.05) is 6.07 Å². The lowest BCUT2D eigenvalue weighted by molar-refractivity contribution is 0.0730. The van der Waals surface area contributed by atoms with E-state index in [-0.39, 0.29) is 27.9 Å². The average molecular weight is 409 g/mol. The summed E-state index contributed by atoms with van der Waals surface area (Å²) in [4.78, 5) is 24.6. The van der Waals surface area contributed by atoms with Crippen LogP contribution in [0.3, 0.4) is 0 Å². The average Bonchev–Trinajstić information content (AvgIpc) is 2.75. The Morgan fingerprint density at radius 1 is 0.862 bits per heavy atom. The lowest BCUT2D eigenvalue weighted by Crippen LogP contribution is -2.15.